The lowest BCUT2D eigenvalue weighted by Crippen LogP contribution is -2.33. The molecule has 1 atom stereocenters. The van der Waals surface area contributed by atoms with E-state index in [1.54, 1.807) is 4.68 Å². The van der Waals surface area contributed by atoms with Gasteiger partial charge in [0.25, 0.3) is 0 Å². The molecular weight excluding hydrogens is 276 g/mol. The van der Waals surface area contributed by atoms with Gasteiger partial charge in [-0.3, -0.25) is 14.4 Å². The first-order valence-corrected chi connectivity index (χ1v) is 7.73. The van der Waals surface area contributed by atoms with Crippen molar-refractivity contribution in [1.29, 1.82) is 0 Å². The highest BCUT2D eigenvalue weighted by atomic mass is 16.2. The van der Waals surface area contributed by atoms with Crippen LogP contribution in [0.2, 0.25) is 0 Å². The van der Waals surface area contributed by atoms with Gasteiger partial charge in [-0.15, -0.1) is 0 Å². The summed E-state index contributed by atoms with van der Waals surface area (Å²) in [5.41, 5.74) is 2.20. The largest absolute Gasteiger partial charge is 0.310 e. The van der Waals surface area contributed by atoms with Crippen molar-refractivity contribution in [2.24, 2.45) is 7.05 Å². The van der Waals surface area contributed by atoms with Gasteiger partial charge in [-0.25, -0.2) is 0 Å². The van der Waals surface area contributed by atoms with Crippen molar-refractivity contribution in [2.45, 2.75) is 25.8 Å². The normalized spacial score (nSPS) is 18.5. The van der Waals surface area contributed by atoms with Crippen molar-refractivity contribution in [3.8, 4) is 0 Å². The Morgan fingerprint density at radius 3 is 2.82 bits per heavy atom. The molecule has 3 rings (SSSR count). The first kappa shape index (κ1) is 14.8. The van der Waals surface area contributed by atoms with Crippen molar-refractivity contribution in [3.05, 3.63) is 47.7 Å². The Hall–Kier alpha value is -2.14. The number of likely N-dealkylation sites (tertiary alicyclic amines) is 1. The summed E-state index contributed by atoms with van der Waals surface area (Å²) >= 11 is 0. The second kappa shape index (κ2) is 6.32. The zero-order valence-electron chi connectivity index (χ0n) is 13.1. The van der Waals surface area contributed by atoms with Crippen LogP contribution < -0.4 is 5.32 Å². The van der Waals surface area contributed by atoms with Crippen LogP contribution in [0.15, 0.2) is 36.4 Å². The molecule has 5 heteroatoms. The van der Waals surface area contributed by atoms with E-state index in [-0.39, 0.29) is 5.91 Å². The van der Waals surface area contributed by atoms with Crippen molar-refractivity contribution in [3.63, 3.8) is 0 Å². The van der Waals surface area contributed by atoms with Crippen molar-refractivity contribution >= 4 is 11.7 Å². The number of rotatable bonds is 4. The molecule has 1 aliphatic rings. The predicted molar refractivity (Wildman–Crippen MR) is 86.6 cm³/mol. The van der Waals surface area contributed by atoms with Gasteiger partial charge in [-0.1, -0.05) is 30.3 Å². The molecule has 0 radical (unpaired) electrons. The van der Waals surface area contributed by atoms with E-state index in [0.29, 0.717) is 12.6 Å². The first-order valence-electron chi connectivity index (χ1n) is 7.73. The van der Waals surface area contributed by atoms with E-state index >= 15 is 0 Å². The fourth-order valence-corrected chi connectivity index (χ4v) is 3.16. The second-order valence-corrected chi connectivity index (χ2v) is 5.88. The molecule has 0 unspecified atom stereocenters. The lowest BCUT2D eigenvalue weighted by atomic mass is 10.0. The first-order chi connectivity index (χ1) is 10.6. The number of nitrogens with one attached hydrogen (secondary N) is 1. The van der Waals surface area contributed by atoms with Gasteiger partial charge in [0.05, 0.1) is 12.2 Å². The summed E-state index contributed by atoms with van der Waals surface area (Å²) in [5, 5.41) is 7.20. The summed E-state index contributed by atoms with van der Waals surface area (Å²) in [6.07, 6.45) is 2.25. The highest BCUT2D eigenvalue weighted by molar-refractivity contribution is 5.91. The van der Waals surface area contributed by atoms with Crippen LogP contribution in [0.25, 0.3) is 0 Å². The van der Waals surface area contributed by atoms with Crippen molar-refractivity contribution in [2.75, 3.05) is 18.4 Å². The molecule has 5 nitrogen and oxygen atoms in total. The van der Waals surface area contributed by atoms with Gasteiger partial charge in [-0.05, 0) is 31.9 Å². The maximum atomic E-state index is 12.3. The molecule has 1 saturated heterocycles. The molecule has 0 spiro atoms. The molecule has 0 aliphatic carbocycles. The average Bonchev–Trinajstić information content (AvgIpc) is 3.07. The third-order valence-corrected chi connectivity index (χ3v) is 4.16. The molecule has 22 heavy (non-hydrogen) atoms. The van der Waals surface area contributed by atoms with Gasteiger partial charge in [0, 0.05) is 19.2 Å². The molecule has 2 aromatic rings. The van der Waals surface area contributed by atoms with Crippen LogP contribution in [-0.4, -0.2) is 33.7 Å². The minimum absolute atomic E-state index is 0.0193. The van der Waals surface area contributed by atoms with E-state index in [0.717, 1.165) is 30.9 Å². The van der Waals surface area contributed by atoms with Crippen LogP contribution in [-0.2, 0) is 11.8 Å². The Labute approximate surface area is 130 Å². The van der Waals surface area contributed by atoms with E-state index in [1.165, 1.54) is 5.56 Å². The number of aromatic nitrogens is 2. The minimum atomic E-state index is 0.0193. The highest BCUT2D eigenvalue weighted by Gasteiger charge is 2.27. The summed E-state index contributed by atoms with van der Waals surface area (Å²) in [5.74, 6) is 0.767. The lowest BCUT2D eigenvalue weighted by Gasteiger charge is -2.24. The highest BCUT2D eigenvalue weighted by Crippen LogP contribution is 2.31. The van der Waals surface area contributed by atoms with Crippen molar-refractivity contribution in [1.82, 2.24) is 14.7 Å². The molecule has 1 aromatic carbocycles. The lowest BCUT2D eigenvalue weighted by molar-refractivity contribution is -0.117. The van der Waals surface area contributed by atoms with Gasteiger partial charge in [0.15, 0.2) is 0 Å². The number of nitrogens with zero attached hydrogens (tertiary/aromatic N) is 3. The van der Waals surface area contributed by atoms with Gasteiger partial charge in [0.1, 0.15) is 5.82 Å². The van der Waals surface area contributed by atoms with E-state index in [1.807, 2.05) is 26.1 Å². The van der Waals surface area contributed by atoms with E-state index in [4.69, 9.17) is 0 Å². The summed E-state index contributed by atoms with van der Waals surface area (Å²) in [6, 6.07) is 12.7. The average molecular weight is 298 g/mol. The van der Waals surface area contributed by atoms with Crippen molar-refractivity contribution < 1.29 is 4.79 Å². The molecule has 0 saturated carbocycles. The fraction of sp³-hybridized carbons (Fsp3) is 0.412. The minimum Gasteiger partial charge on any atom is -0.310 e. The number of anilines is 1. The molecule has 2 heterocycles. The summed E-state index contributed by atoms with van der Waals surface area (Å²) in [6.45, 7) is 3.31. The van der Waals surface area contributed by atoms with Crippen LogP contribution in [0.3, 0.4) is 0 Å². The third kappa shape index (κ3) is 3.20. The maximum absolute atomic E-state index is 12.3. The van der Waals surface area contributed by atoms with Gasteiger partial charge >= 0.3 is 0 Å². The molecule has 1 amide bonds. The number of carbonyl (C=O) groups is 1. The molecule has 1 aliphatic heterocycles. The van der Waals surface area contributed by atoms with Crippen LogP contribution >= 0.6 is 0 Å². The van der Waals surface area contributed by atoms with Gasteiger partial charge in [0.2, 0.25) is 5.91 Å². The monoisotopic (exact) mass is 298 g/mol. The number of amides is 1. The SMILES string of the molecule is Cc1cc(NC(=O)CN2CCC[C@@H]2c2ccccc2)n(C)n1. The number of hydrogen-bond donors (Lipinski definition) is 1. The summed E-state index contributed by atoms with van der Waals surface area (Å²) in [7, 11) is 1.84. The second-order valence-electron chi connectivity index (χ2n) is 5.88. The zero-order valence-corrected chi connectivity index (χ0v) is 13.1. The van der Waals surface area contributed by atoms with Gasteiger partial charge in [-0.2, -0.15) is 5.10 Å². The predicted octanol–water partition coefficient (Wildman–Crippen LogP) is 2.50. The summed E-state index contributed by atoms with van der Waals surface area (Å²) < 4.78 is 1.70. The van der Waals surface area contributed by atoms with Crippen LogP contribution in [0.1, 0.15) is 30.1 Å². The van der Waals surface area contributed by atoms with E-state index in [2.05, 4.69) is 39.6 Å². The topological polar surface area (TPSA) is 50.2 Å². The maximum Gasteiger partial charge on any atom is 0.239 e. The zero-order chi connectivity index (χ0) is 15.5. The van der Waals surface area contributed by atoms with Crippen LogP contribution in [0.4, 0.5) is 5.82 Å². The Morgan fingerprint density at radius 1 is 1.36 bits per heavy atom. The standard InChI is InChI=1S/C17H22N4O/c1-13-11-16(20(2)19-13)18-17(22)12-21-10-6-9-15(21)14-7-4-3-5-8-14/h3-5,7-8,11,15H,6,9-10,12H2,1-2H3,(H,18,22)/t15-/m1/s1. The molecule has 1 N–H and O–H groups in total. The molecular formula is C17H22N4O. The van der Waals surface area contributed by atoms with Gasteiger partial charge < -0.3 is 5.32 Å². The Balaban J connectivity index is 1.64. The van der Waals surface area contributed by atoms with Crippen LogP contribution in [0, 0.1) is 6.92 Å². The molecule has 116 valence electrons. The summed E-state index contributed by atoms with van der Waals surface area (Å²) in [4.78, 5) is 14.6. The van der Waals surface area contributed by atoms with E-state index in [9.17, 15) is 4.79 Å². The molecule has 0 bridgehead atoms. The van der Waals surface area contributed by atoms with E-state index < -0.39 is 0 Å². The third-order valence-electron chi connectivity index (χ3n) is 4.16. The number of benzene rings is 1. The molecule has 1 aromatic heterocycles. The Morgan fingerprint density at radius 2 is 2.14 bits per heavy atom. The van der Waals surface area contributed by atoms with Crippen LogP contribution in [0.5, 0.6) is 0 Å². The molecule has 1 fully saturated rings. The Bertz CT molecular complexity index is 650. The number of aryl methyl sites for hydroxylation is 2. The number of hydrogen-bond acceptors (Lipinski definition) is 3. The Kier molecular flexibility index (Phi) is 4.24. The number of carbonyl (C=O) groups excluding carboxylic acids is 1. The smallest absolute Gasteiger partial charge is 0.239 e. The fourth-order valence-electron chi connectivity index (χ4n) is 3.16. The quantitative estimate of drug-likeness (QED) is 0.943.